The summed E-state index contributed by atoms with van der Waals surface area (Å²) in [5.74, 6) is -0.154. The average Bonchev–Trinajstić information content (AvgIpc) is 2.99. The average molecular weight is 559 g/mol. The number of nitrogen functional groups attached to an aromatic ring is 1. The van der Waals surface area contributed by atoms with E-state index in [2.05, 4.69) is 18.1 Å². The van der Waals surface area contributed by atoms with E-state index in [0.29, 0.717) is 10.1 Å². The number of phosphoric acid groups is 3. The summed E-state index contributed by atoms with van der Waals surface area (Å²) in [5, 5.41) is 21.6. The first-order chi connectivity index (χ1) is 16.0. The lowest BCUT2D eigenvalue weighted by Crippen LogP contribution is -2.52. The predicted octanol–water partition coefficient (Wildman–Crippen LogP) is -0.759. The Morgan fingerprint density at radius 2 is 1.74 bits per heavy atom. The van der Waals surface area contributed by atoms with Gasteiger partial charge >= 0.3 is 29.2 Å². The molecule has 0 spiro atoms. The third kappa shape index (κ3) is 6.70. The predicted molar refractivity (Wildman–Crippen MR) is 114 cm³/mol. The lowest BCUT2D eigenvalue weighted by molar-refractivity contribution is -0.115. The van der Waals surface area contributed by atoms with Gasteiger partial charge in [-0.1, -0.05) is 30.3 Å². The smallest absolute Gasteiger partial charge is 0.385 e. The maximum atomic E-state index is 12.4. The number of rotatable bonds is 9. The van der Waals surface area contributed by atoms with Crippen LogP contribution in [0.25, 0.3) is 11.1 Å². The molecule has 1 aromatic heterocycles. The molecular weight excluding hydrogens is 539 g/mol. The van der Waals surface area contributed by atoms with Crippen molar-refractivity contribution in [3.8, 4) is 11.1 Å². The van der Waals surface area contributed by atoms with E-state index >= 15 is 0 Å². The molecule has 1 aliphatic heterocycles. The number of nitrogens with two attached hydrogens (primary N) is 1. The number of hydrogen-bond donors (Lipinski definition) is 7. The number of phosphoric ester groups is 1. The molecule has 194 valence electrons. The first kappa shape index (κ1) is 27.8. The van der Waals surface area contributed by atoms with Gasteiger partial charge in [-0.15, -0.1) is 0 Å². The van der Waals surface area contributed by atoms with Gasteiger partial charge in [0.05, 0.1) is 13.2 Å². The summed E-state index contributed by atoms with van der Waals surface area (Å²) < 4.78 is 51.3. The maximum Gasteiger partial charge on any atom is 0.490 e. The van der Waals surface area contributed by atoms with E-state index in [-0.39, 0.29) is 11.4 Å². The lowest BCUT2D eigenvalue weighted by Gasteiger charge is -2.28. The maximum absolute atomic E-state index is 12.4. The van der Waals surface area contributed by atoms with E-state index in [1.807, 2.05) is 0 Å². The Kier molecular flexibility index (Phi) is 7.87. The highest BCUT2D eigenvalue weighted by atomic mass is 31.3. The quantitative estimate of drug-likeness (QED) is 0.186. The van der Waals surface area contributed by atoms with Crippen molar-refractivity contribution in [2.24, 2.45) is 0 Å². The first-order valence-corrected chi connectivity index (χ1v) is 13.8. The largest absolute Gasteiger partial charge is 0.490 e. The van der Waals surface area contributed by atoms with Crippen molar-refractivity contribution >= 4 is 29.3 Å². The van der Waals surface area contributed by atoms with Crippen molar-refractivity contribution in [2.75, 3.05) is 18.9 Å². The summed E-state index contributed by atoms with van der Waals surface area (Å²) in [5.41, 5.74) is 3.09. The fourth-order valence-electron chi connectivity index (χ4n) is 3.11. The molecule has 1 fully saturated rings. The van der Waals surface area contributed by atoms with Gasteiger partial charge in [0, 0.05) is 11.8 Å². The molecule has 0 radical (unpaired) electrons. The molecule has 0 amide bonds. The van der Waals surface area contributed by atoms with Gasteiger partial charge in [-0.25, -0.2) is 18.5 Å². The SMILES string of the molecule is Nc1nc(=O)n(C2(O)COC(COP(=O)(O)OP(=O)(O)OP(=O)(O)O)C2O)cc1-c1ccccc1. The molecule has 1 aliphatic rings. The molecule has 2 heterocycles. The van der Waals surface area contributed by atoms with Crippen molar-refractivity contribution in [2.45, 2.75) is 17.9 Å². The zero-order valence-corrected chi connectivity index (χ0v) is 20.0. The standard InChI is InChI=1S/C15H20N3O14P3/c16-13-10(9-4-2-1-3-5-9)6-18(14(20)17-13)15(21)8-29-11(12(15)19)7-30-34(25,26)32-35(27,28)31-33(22,23)24/h1-6,11-12,19,21H,7-8H2,(H,25,26)(H,27,28)(H2,16,17,20)(H2,22,23,24). The Balaban J connectivity index is 1.78. The monoisotopic (exact) mass is 559 g/mol. The molecule has 3 rings (SSSR count). The van der Waals surface area contributed by atoms with Gasteiger partial charge in [0.25, 0.3) is 0 Å². The third-order valence-corrected chi connectivity index (χ3v) is 8.41. The summed E-state index contributed by atoms with van der Waals surface area (Å²) >= 11 is 0. The molecule has 5 unspecified atom stereocenters. The molecule has 0 bridgehead atoms. The Morgan fingerprint density at radius 1 is 1.11 bits per heavy atom. The minimum atomic E-state index is -5.75. The molecule has 1 saturated heterocycles. The molecule has 5 atom stereocenters. The Bertz CT molecular complexity index is 1280. The normalized spacial score (nSPS) is 26.2. The Labute approximate surface area is 195 Å². The van der Waals surface area contributed by atoms with Crippen molar-refractivity contribution in [1.29, 1.82) is 0 Å². The van der Waals surface area contributed by atoms with Crippen molar-refractivity contribution < 1.29 is 61.4 Å². The second kappa shape index (κ2) is 9.92. The zero-order chi connectivity index (χ0) is 26.2. The highest BCUT2D eigenvalue weighted by molar-refractivity contribution is 7.66. The highest BCUT2D eigenvalue weighted by Gasteiger charge is 2.51. The van der Waals surface area contributed by atoms with Crippen LogP contribution in [0.2, 0.25) is 0 Å². The lowest BCUT2D eigenvalue weighted by atomic mass is 10.0. The number of hydrogen-bond acceptors (Lipinski definition) is 12. The van der Waals surface area contributed by atoms with Gasteiger partial charge in [0.2, 0.25) is 0 Å². The van der Waals surface area contributed by atoms with Crippen LogP contribution in [-0.4, -0.2) is 64.8 Å². The number of benzene rings is 1. The number of anilines is 1. The van der Waals surface area contributed by atoms with Crippen LogP contribution in [0.1, 0.15) is 0 Å². The number of nitrogens with zero attached hydrogens (tertiary/aromatic N) is 2. The molecule has 1 aromatic carbocycles. The summed E-state index contributed by atoms with van der Waals surface area (Å²) in [6.07, 6.45) is -2.42. The van der Waals surface area contributed by atoms with Crippen LogP contribution in [0.3, 0.4) is 0 Å². The summed E-state index contributed by atoms with van der Waals surface area (Å²) in [7, 11) is -16.8. The van der Waals surface area contributed by atoms with E-state index in [9.17, 15) is 33.6 Å². The zero-order valence-electron chi connectivity index (χ0n) is 17.3. The van der Waals surface area contributed by atoms with Crippen LogP contribution in [0.15, 0.2) is 41.3 Å². The van der Waals surface area contributed by atoms with Crippen LogP contribution < -0.4 is 11.4 Å². The van der Waals surface area contributed by atoms with E-state index in [0.717, 1.165) is 6.20 Å². The number of aromatic nitrogens is 2. The minimum Gasteiger partial charge on any atom is -0.385 e. The molecule has 0 saturated carbocycles. The second-order valence-electron chi connectivity index (χ2n) is 7.12. The van der Waals surface area contributed by atoms with Crippen molar-refractivity contribution in [3.63, 3.8) is 0 Å². The molecular formula is C15H20N3O14P3. The van der Waals surface area contributed by atoms with Gasteiger partial charge in [-0.2, -0.15) is 13.6 Å². The minimum absolute atomic E-state index is 0.154. The fourth-order valence-corrected chi connectivity index (χ4v) is 6.14. The Morgan fingerprint density at radius 3 is 2.34 bits per heavy atom. The van der Waals surface area contributed by atoms with Gasteiger partial charge in [-0.05, 0) is 5.56 Å². The highest BCUT2D eigenvalue weighted by Crippen LogP contribution is 2.66. The van der Waals surface area contributed by atoms with Crippen LogP contribution in [0.5, 0.6) is 0 Å². The number of aliphatic hydroxyl groups is 2. The van der Waals surface area contributed by atoms with Crippen molar-refractivity contribution in [1.82, 2.24) is 9.55 Å². The summed E-state index contributed by atoms with van der Waals surface area (Å²) in [6, 6.07) is 8.41. The van der Waals surface area contributed by atoms with Crippen LogP contribution in [0.4, 0.5) is 5.82 Å². The van der Waals surface area contributed by atoms with Gasteiger partial charge < -0.3 is 40.3 Å². The van der Waals surface area contributed by atoms with Crippen LogP contribution in [0, 0.1) is 0 Å². The molecule has 17 nitrogen and oxygen atoms in total. The van der Waals surface area contributed by atoms with E-state index in [1.54, 1.807) is 30.3 Å². The van der Waals surface area contributed by atoms with Gasteiger partial charge in [0.15, 0.2) is 5.72 Å². The summed E-state index contributed by atoms with van der Waals surface area (Å²) in [4.78, 5) is 51.8. The van der Waals surface area contributed by atoms with Gasteiger partial charge in [-0.3, -0.25) is 9.09 Å². The third-order valence-electron chi connectivity index (χ3n) is 4.61. The van der Waals surface area contributed by atoms with Crippen LogP contribution in [-0.2, 0) is 37.3 Å². The fraction of sp³-hybridized carbons (Fsp3) is 0.333. The molecule has 20 heteroatoms. The second-order valence-corrected chi connectivity index (χ2v) is 11.5. The van der Waals surface area contributed by atoms with Gasteiger partial charge in [0.1, 0.15) is 18.0 Å². The topological polar surface area (TPSA) is 270 Å². The molecule has 35 heavy (non-hydrogen) atoms. The van der Waals surface area contributed by atoms with Crippen LogP contribution >= 0.6 is 23.5 Å². The molecule has 8 N–H and O–H groups in total. The van der Waals surface area contributed by atoms with E-state index in [1.165, 1.54) is 0 Å². The Hall–Kier alpha value is -1.81. The van der Waals surface area contributed by atoms with E-state index < -0.39 is 60.3 Å². The molecule has 2 aromatic rings. The molecule has 0 aliphatic carbocycles. The van der Waals surface area contributed by atoms with Crippen molar-refractivity contribution in [3.05, 3.63) is 47.0 Å². The number of aliphatic hydroxyl groups excluding tert-OH is 1. The van der Waals surface area contributed by atoms with E-state index in [4.69, 9.17) is 25.2 Å². The number of ether oxygens (including phenoxy) is 1. The summed E-state index contributed by atoms with van der Waals surface area (Å²) in [6.45, 7) is -1.77. The first-order valence-electron chi connectivity index (χ1n) is 9.28.